The second-order valence-corrected chi connectivity index (χ2v) is 10.6. The number of alkyl halides is 3. The van der Waals surface area contributed by atoms with Gasteiger partial charge in [0, 0.05) is 52.2 Å². The molecule has 1 aromatic heterocycles. The number of amides is 1. The lowest BCUT2D eigenvalue weighted by molar-refractivity contribution is -0.384. The van der Waals surface area contributed by atoms with Crippen molar-refractivity contribution in [2.75, 3.05) is 11.5 Å². The van der Waals surface area contributed by atoms with Gasteiger partial charge in [-0.05, 0) is 48.6 Å². The highest BCUT2D eigenvalue weighted by Crippen LogP contribution is 2.50. The van der Waals surface area contributed by atoms with Crippen molar-refractivity contribution >= 4 is 40.4 Å². The van der Waals surface area contributed by atoms with Gasteiger partial charge in [-0.25, -0.2) is 0 Å². The van der Waals surface area contributed by atoms with Crippen LogP contribution in [0.5, 0.6) is 0 Å². The van der Waals surface area contributed by atoms with Crippen LogP contribution >= 0.6 is 11.3 Å². The Morgan fingerprint density at radius 1 is 1.10 bits per heavy atom. The van der Waals surface area contributed by atoms with Gasteiger partial charge in [0.15, 0.2) is 5.78 Å². The van der Waals surface area contributed by atoms with Crippen LogP contribution < -0.4 is 4.90 Å². The highest BCUT2D eigenvalue weighted by atomic mass is 32.1. The van der Waals surface area contributed by atoms with Crippen LogP contribution in [0.1, 0.15) is 47.6 Å². The molecule has 0 radical (unpaired) electrons. The SMILES string of the molecule is CCOC(=O)C1C(=O)C2=C(CC1c1cccs1)N(c1cccc(C(F)(F)F)c1)C(=O)CC2c1cccc([N+](=O)[O-])c1. The zero-order valence-electron chi connectivity index (χ0n) is 21.6. The van der Waals surface area contributed by atoms with Gasteiger partial charge in [-0.3, -0.25) is 29.4 Å². The van der Waals surface area contributed by atoms with E-state index in [9.17, 15) is 37.7 Å². The molecule has 0 saturated carbocycles. The van der Waals surface area contributed by atoms with Crippen molar-refractivity contribution in [3.05, 3.63) is 103 Å². The smallest absolute Gasteiger partial charge is 0.416 e. The molecule has 0 spiro atoms. The van der Waals surface area contributed by atoms with Gasteiger partial charge in [-0.15, -0.1) is 11.3 Å². The van der Waals surface area contributed by atoms with E-state index in [0.717, 1.165) is 17.0 Å². The molecule has 1 aliphatic heterocycles. The van der Waals surface area contributed by atoms with E-state index >= 15 is 0 Å². The van der Waals surface area contributed by atoms with Gasteiger partial charge in [0.1, 0.15) is 5.92 Å². The second-order valence-electron chi connectivity index (χ2n) is 9.67. The molecular weight excluding hydrogens is 561 g/mol. The monoisotopic (exact) mass is 584 g/mol. The number of carbonyl (C=O) groups is 3. The fraction of sp³-hybridized carbons (Fsp3) is 0.276. The number of non-ortho nitro benzene ring substituents is 1. The lowest BCUT2D eigenvalue weighted by Gasteiger charge is -2.42. The molecule has 3 unspecified atom stereocenters. The van der Waals surface area contributed by atoms with Crippen molar-refractivity contribution in [3.8, 4) is 0 Å². The number of allylic oxidation sites excluding steroid dienone is 2. The number of rotatable bonds is 6. The lowest BCUT2D eigenvalue weighted by atomic mass is 9.69. The van der Waals surface area contributed by atoms with Crippen molar-refractivity contribution in [2.45, 2.75) is 37.8 Å². The number of thiophene rings is 1. The molecule has 0 fully saturated rings. The maximum Gasteiger partial charge on any atom is 0.416 e. The summed E-state index contributed by atoms with van der Waals surface area (Å²) in [6.07, 6.45) is -5.03. The van der Waals surface area contributed by atoms with Crippen molar-refractivity contribution < 1.29 is 37.2 Å². The number of nitrogens with zero attached hydrogens (tertiary/aromatic N) is 2. The van der Waals surface area contributed by atoms with Crippen LogP contribution in [0, 0.1) is 16.0 Å². The first-order valence-corrected chi connectivity index (χ1v) is 13.6. The number of Topliss-reactive ketones (excluding diaryl/α,β-unsaturated/α-hetero) is 1. The fourth-order valence-corrected chi connectivity index (χ4v) is 6.43. The molecule has 0 N–H and O–H groups in total. The standard InChI is InChI=1S/C29H23F3N2O6S/c1-2-40-28(37)26-21(23-10-5-11-41-23)14-22-25(27(26)36)20(16-6-3-9-19(12-16)34(38)39)15-24(35)33(22)18-8-4-7-17(13-18)29(30,31)32/h3-13,20-21,26H,2,14-15H2,1H3. The first-order valence-electron chi connectivity index (χ1n) is 12.7. The molecule has 0 bridgehead atoms. The largest absolute Gasteiger partial charge is 0.465 e. The van der Waals surface area contributed by atoms with Crippen molar-refractivity contribution in [1.82, 2.24) is 0 Å². The average molecular weight is 585 g/mol. The second kappa shape index (κ2) is 10.9. The Labute approximate surface area is 236 Å². The number of benzene rings is 2. The minimum absolute atomic E-state index is 0.0154. The minimum Gasteiger partial charge on any atom is -0.465 e. The molecule has 3 aromatic rings. The van der Waals surface area contributed by atoms with Crippen LogP contribution in [-0.2, 0) is 25.3 Å². The average Bonchev–Trinajstić information content (AvgIpc) is 3.47. The molecule has 2 aromatic carbocycles. The quantitative estimate of drug-likeness (QED) is 0.144. The molecule has 2 aliphatic rings. The van der Waals surface area contributed by atoms with Crippen molar-refractivity contribution in [1.29, 1.82) is 0 Å². The predicted octanol–water partition coefficient (Wildman–Crippen LogP) is 6.39. The number of halogens is 3. The van der Waals surface area contributed by atoms with E-state index in [1.807, 2.05) is 0 Å². The first-order chi connectivity index (χ1) is 19.5. The number of hydrogen-bond donors (Lipinski definition) is 0. The number of anilines is 1. The Hall–Kier alpha value is -4.32. The molecule has 212 valence electrons. The van der Waals surface area contributed by atoms with Gasteiger partial charge in [0.25, 0.3) is 5.69 Å². The molecule has 12 heteroatoms. The van der Waals surface area contributed by atoms with E-state index in [1.165, 1.54) is 41.7 Å². The number of ketones is 1. The number of esters is 1. The normalized spacial score (nSPS) is 21.1. The van der Waals surface area contributed by atoms with Crippen LogP contribution in [0.15, 0.2) is 77.3 Å². The summed E-state index contributed by atoms with van der Waals surface area (Å²) in [5, 5.41) is 13.3. The summed E-state index contributed by atoms with van der Waals surface area (Å²) in [5.74, 6) is -4.89. The third-order valence-corrected chi connectivity index (χ3v) is 8.29. The van der Waals surface area contributed by atoms with E-state index in [4.69, 9.17) is 4.74 Å². The van der Waals surface area contributed by atoms with E-state index in [-0.39, 0.29) is 42.1 Å². The van der Waals surface area contributed by atoms with Crippen molar-refractivity contribution in [3.63, 3.8) is 0 Å². The fourth-order valence-electron chi connectivity index (χ4n) is 5.56. The Morgan fingerprint density at radius 2 is 1.85 bits per heavy atom. The number of nitro groups is 1. The highest BCUT2D eigenvalue weighted by molar-refractivity contribution is 7.10. The van der Waals surface area contributed by atoms with E-state index in [2.05, 4.69) is 0 Å². The van der Waals surface area contributed by atoms with Crippen LogP contribution in [0.3, 0.4) is 0 Å². The molecule has 1 amide bonds. The number of hydrogen-bond acceptors (Lipinski definition) is 7. The summed E-state index contributed by atoms with van der Waals surface area (Å²) in [7, 11) is 0. The molecule has 8 nitrogen and oxygen atoms in total. The molecule has 5 rings (SSSR count). The van der Waals surface area contributed by atoms with Crippen LogP contribution in [0.4, 0.5) is 24.5 Å². The first kappa shape index (κ1) is 28.2. The summed E-state index contributed by atoms with van der Waals surface area (Å²) in [5.41, 5.74) is -0.739. The topological polar surface area (TPSA) is 107 Å². The Kier molecular flexibility index (Phi) is 7.52. The molecular formula is C29H23F3N2O6S. The Balaban J connectivity index is 1.74. The number of ether oxygens (including phenoxy) is 1. The van der Waals surface area contributed by atoms with Crippen LogP contribution in [0.25, 0.3) is 0 Å². The van der Waals surface area contributed by atoms with Crippen LogP contribution in [-0.4, -0.2) is 29.2 Å². The maximum absolute atomic E-state index is 14.3. The third kappa shape index (κ3) is 5.26. The predicted molar refractivity (Wildman–Crippen MR) is 143 cm³/mol. The van der Waals surface area contributed by atoms with Crippen molar-refractivity contribution in [2.24, 2.45) is 5.92 Å². The van der Waals surface area contributed by atoms with E-state index in [0.29, 0.717) is 10.4 Å². The third-order valence-electron chi connectivity index (χ3n) is 7.29. The van der Waals surface area contributed by atoms with Gasteiger partial charge in [-0.1, -0.05) is 24.3 Å². The summed E-state index contributed by atoms with van der Waals surface area (Å²) < 4.78 is 46.1. The Morgan fingerprint density at radius 3 is 2.51 bits per heavy atom. The zero-order chi connectivity index (χ0) is 29.5. The number of carbonyl (C=O) groups excluding carboxylic acids is 3. The summed E-state index contributed by atoms with van der Waals surface area (Å²) >= 11 is 1.31. The summed E-state index contributed by atoms with van der Waals surface area (Å²) in [6.45, 7) is 1.63. The van der Waals surface area contributed by atoms with Gasteiger partial charge >= 0.3 is 12.1 Å². The number of nitro benzene ring substituents is 1. The molecule has 3 atom stereocenters. The Bertz CT molecular complexity index is 1570. The highest BCUT2D eigenvalue weighted by Gasteiger charge is 2.50. The summed E-state index contributed by atoms with van der Waals surface area (Å²) in [6, 6.07) is 13.3. The molecule has 41 heavy (non-hydrogen) atoms. The van der Waals surface area contributed by atoms with Gasteiger partial charge < -0.3 is 4.74 Å². The van der Waals surface area contributed by atoms with Crippen LogP contribution in [0.2, 0.25) is 0 Å². The molecule has 0 saturated heterocycles. The molecule has 1 aliphatic carbocycles. The van der Waals surface area contributed by atoms with Gasteiger partial charge in [-0.2, -0.15) is 13.2 Å². The van der Waals surface area contributed by atoms with E-state index in [1.54, 1.807) is 30.5 Å². The lowest BCUT2D eigenvalue weighted by Crippen LogP contribution is -2.46. The summed E-state index contributed by atoms with van der Waals surface area (Å²) in [4.78, 5) is 53.9. The molecule has 2 heterocycles. The van der Waals surface area contributed by atoms with Gasteiger partial charge in [0.2, 0.25) is 5.91 Å². The van der Waals surface area contributed by atoms with E-state index < -0.39 is 52.1 Å². The maximum atomic E-state index is 14.3. The zero-order valence-corrected chi connectivity index (χ0v) is 22.4. The van der Waals surface area contributed by atoms with Gasteiger partial charge in [0.05, 0.1) is 17.1 Å². The minimum atomic E-state index is -4.67.